The van der Waals surface area contributed by atoms with Gasteiger partial charge in [-0.1, -0.05) is 0 Å². The zero-order valence-electron chi connectivity index (χ0n) is 9.91. The van der Waals surface area contributed by atoms with Crippen LogP contribution in [0, 0.1) is 5.41 Å². The summed E-state index contributed by atoms with van der Waals surface area (Å²) in [5.74, 6) is -1.48. The maximum absolute atomic E-state index is 11.6. The molecule has 0 radical (unpaired) electrons. The predicted molar refractivity (Wildman–Crippen MR) is 56.0 cm³/mol. The number of hydrogen-bond donors (Lipinski definition) is 1. The average Bonchev–Trinajstić information content (AvgIpc) is 2.49. The molecule has 0 saturated carbocycles. The van der Waals surface area contributed by atoms with Crippen LogP contribution in [-0.2, 0) is 19.1 Å². The third kappa shape index (κ3) is 3.20. The quantitative estimate of drug-likeness (QED) is 0.738. The van der Waals surface area contributed by atoms with Crippen molar-refractivity contribution in [1.82, 2.24) is 0 Å². The second-order valence-electron chi connectivity index (χ2n) is 5.15. The van der Waals surface area contributed by atoms with Gasteiger partial charge in [0.2, 0.25) is 0 Å². The molecule has 0 aliphatic carbocycles. The van der Waals surface area contributed by atoms with Crippen molar-refractivity contribution < 1.29 is 24.2 Å². The molecular weight excluding hydrogens is 212 g/mol. The fourth-order valence-corrected chi connectivity index (χ4v) is 1.64. The molecule has 1 aliphatic rings. The van der Waals surface area contributed by atoms with Crippen LogP contribution in [-0.4, -0.2) is 35.9 Å². The van der Waals surface area contributed by atoms with Crippen molar-refractivity contribution in [2.24, 2.45) is 5.41 Å². The summed E-state index contributed by atoms with van der Waals surface area (Å²) >= 11 is 0. The molecule has 1 atom stereocenters. The summed E-state index contributed by atoms with van der Waals surface area (Å²) in [6.45, 7) is 5.73. The Kier molecular flexibility index (Phi) is 3.57. The van der Waals surface area contributed by atoms with Gasteiger partial charge >= 0.3 is 11.9 Å². The minimum absolute atomic E-state index is 0.0849. The van der Waals surface area contributed by atoms with Crippen molar-refractivity contribution >= 4 is 11.9 Å². The number of rotatable bonds is 3. The molecule has 5 nitrogen and oxygen atoms in total. The summed E-state index contributed by atoms with van der Waals surface area (Å²) in [4.78, 5) is 22.7. The Morgan fingerprint density at radius 3 is 2.44 bits per heavy atom. The molecular formula is C11H18O5. The Morgan fingerprint density at radius 1 is 1.44 bits per heavy atom. The van der Waals surface area contributed by atoms with Crippen LogP contribution >= 0.6 is 0 Å². The summed E-state index contributed by atoms with van der Waals surface area (Å²) in [5.41, 5.74) is -1.68. The van der Waals surface area contributed by atoms with Crippen LogP contribution in [0.15, 0.2) is 0 Å². The molecule has 1 rings (SSSR count). The van der Waals surface area contributed by atoms with E-state index in [1.54, 1.807) is 20.8 Å². The highest BCUT2D eigenvalue weighted by Crippen LogP contribution is 2.33. The Bertz CT molecular complexity index is 283. The van der Waals surface area contributed by atoms with Gasteiger partial charge in [0.15, 0.2) is 0 Å². The first kappa shape index (κ1) is 13.0. The fraction of sp³-hybridized carbons (Fsp3) is 0.818. The highest BCUT2D eigenvalue weighted by molar-refractivity contribution is 5.82. The topological polar surface area (TPSA) is 72.8 Å². The van der Waals surface area contributed by atoms with Crippen LogP contribution in [0.2, 0.25) is 0 Å². The van der Waals surface area contributed by atoms with E-state index in [0.717, 1.165) is 0 Å². The van der Waals surface area contributed by atoms with E-state index in [4.69, 9.17) is 14.6 Å². The summed E-state index contributed by atoms with van der Waals surface area (Å²) in [5, 5.41) is 9.12. The number of aliphatic carboxylic acids is 1. The Balaban J connectivity index is 2.63. The van der Waals surface area contributed by atoms with Crippen LogP contribution in [0.3, 0.4) is 0 Å². The van der Waals surface area contributed by atoms with Crippen molar-refractivity contribution in [2.75, 3.05) is 13.2 Å². The van der Waals surface area contributed by atoms with Crippen LogP contribution in [0.4, 0.5) is 0 Å². The highest BCUT2D eigenvalue weighted by atomic mass is 16.6. The minimum atomic E-state index is -1.09. The van der Waals surface area contributed by atoms with Gasteiger partial charge in [-0.25, -0.2) is 0 Å². The number of carboxylic acid groups (broad SMARTS) is 1. The molecule has 0 spiro atoms. The molecule has 1 saturated heterocycles. The second-order valence-corrected chi connectivity index (χ2v) is 5.15. The Labute approximate surface area is 94.7 Å². The van der Waals surface area contributed by atoms with Crippen LogP contribution in [0.25, 0.3) is 0 Å². The summed E-state index contributed by atoms with van der Waals surface area (Å²) in [7, 11) is 0. The fourth-order valence-electron chi connectivity index (χ4n) is 1.64. The Hall–Kier alpha value is -1.10. The minimum Gasteiger partial charge on any atom is -0.481 e. The summed E-state index contributed by atoms with van der Waals surface area (Å²) < 4.78 is 10.2. The Morgan fingerprint density at radius 2 is 2.06 bits per heavy atom. The maximum atomic E-state index is 11.6. The van der Waals surface area contributed by atoms with E-state index in [1.165, 1.54) is 0 Å². The van der Waals surface area contributed by atoms with Gasteiger partial charge in [-0.05, 0) is 27.2 Å². The van der Waals surface area contributed by atoms with E-state index in [1.807, 2.05) is 0 Å². The molecule has 0 amide bonds. The number of carbonyl (C=O) groups excluding carboxylic acids is 1. The van der Waals surface area contributed by atoms with E-state index in [-0.39, 0.29) is 13.0 Å². The zero-order valence-corrected chi connectivity index (χ0v) is 9.91. The molecule has 0 aromatic heterocycles. The molecule has 92 valence electrons. The van der Waals surface area contributed by atoms with Gasteiger partial charge in [0.05, 0.1) is 13.0 Å². The van der Waals surface area contributed by atoms with E-state index >= 15 is 0 Å². The number of carbonyl (C=O) groups is 2. The normalized spacial score (nSPS) is 25.4. The largest absolute Gasteiger partial charge is 0.481 e. The average molecular weight is 230 g/mol. The van der Waals surface area contributed by atoms with Crippen molar-refractivity contribution in [2.45, 2.75) is 39.2 Å². The predicted octanol–water partition coefficient (Wildman–Crippen LogP) is 1.21. The lowest BCUT2D eigenvalue weighted by Gasteiger charge is -2.24. The lowest BCUT2D eigenvalue weighted by Crippen LogP contribution is -2.36. The molecule has 1 heterocycles. The molecule has 16 heavy (non-hydrogen) atoms. The van der Waals surface area contributed by atoms with Crippen LogP contribution < -0.4 is 0 Å². The van der Waals surface area contributed by atoms with E-state index in [9.17, 15) is 9.59 Å². The van der Waals surface area contributed by atoms with Crippen molar-refractivity contribution in [3.8, 4) is 0 Å². The maximum Gasteiger partial charge on any atom is 0.312 e. The number of ether oxygens (including phenoxy) is 2. The first-order chi connectivity index (χ1) is 7.25. The molecule has 1 aliphatic heterocycles. The molecule has 5 heteroatoms. The molecule has 1 N–H and O–H groups in total. The van der Waals surface area contributed by atoms with Gasteiger partial charge in [-0.15, -0.1) is 0 Å². The number of esters is 1. The molecule has 0 aromatic rings. The van der Waals surface area contributed by atoms with Crippen molar-refractivity contribution in [3.05, 3.63) is 0 Å². The monoisotopic (exact) mass is 230 g/mol. The highest BCUT2D eigenvalue weighted by Gasteiger charge is 2.45. The molecule has 0 aromatic carbocycles. The van der Waals surface area contributed by atoms with E-state index in [2.05, 4.69) is 0 Å². The van der Waals surface area contributed by atoms with Crippen molar-refractivity contribution in [3.63, 3.8) is 0 Å². The number of carboxylic acids is 1. The lowest BCUT2D eigenvalue weighted by atomic mass is 9.84. The summed E-state index contributed by atoms with van der Waals surface area (Å²) in [6, 6.07) is 0. The SMILES string of the molecule is CC(C)(C)OC(=O)CC1(C(=O)O)CCOC1. The van der Waals surface area contributed by atoms with Gasteiger partial charge in [0.25, 0.3) is 0 Å². The van der Waals surface area contributed by atoms with Gasteiger partial charge in [-0.2, -0.15) is 0 Å². The third-order valence-electron chi connectivity index (χ3n) is 2.46. The van der Waals surface area contributed by atoms with Gasteiger partial charge in [-0.3, -0.25) is 9.59 Å². The second kappa shape index (κ2) is 4.41. The van der Waals surface area contributed by atoms with Crippen LogP contribution in [0.1, 0.15) is 33.6 Å². The number of hydrogen-bond acceptors (Lipinski definition) is 4. The first-order valence-corrected chi connectivity index (χ1v) is 5.28. The van der Waals surface area contributed by atoms with Gasteiger partial charge in [0, 0.05) is 6.61 Å². The van der Waals surface area contributed by atoms with E-state index in [0.29, 0.717) is 13.0 Å². The molecule has 1 fully saturated rings. The first-order valence-electron chi connectivity index (χ1n) is 5.28. The van der Waals surface area contributed by atoms with Gasteiger partial charge < -0.3 is 14.6 Å². The zero-order chi connectivity index (χ0) is 12.4. The van der Waals surface area contributed by atoms with Crippen LogP contribution in [0.5, 0.6) is 0 Å². The standard InChI is InChI=1S/C11H18O5/c1-10(2,3)16-8(12)6-11(9(13)14)4-5-15-7-11/h4-7H2,1-3H3,(H,13,14). The van der Waals surface area contributed by atoms with Crippen molar-refractivity contribution in [1.29, 1.82) is 0 Å². The van der Waals surface area contributed by atoms with Gasteiger partial charge in [0.1, 0.15) is 11.0 Å². The smallest absolute Gasteiger partial charge is 0.312 e. The lowest BCUT2D eigenvalue weighted by molar-refractivity contribution is -0.164. The molecule has 0 bridgehead atoms. The summed E-state index contributed by atoms with van der Waals surface area (Å²) in [6.07, 6.45) is 0.237. The third-order valence-corrected chi connectivity index (χ3v) is 2.46. The van der Waals surface area contributed by atoms with E-state index < -0.39 is 23.0 Å². The molecule has 1 unspecified atom stereocenters.